The zero-order chi connectivity index (χ0) is 17.8. The summed E-state index contributed by atoms with van der Waals surface area (Å²) in [5.74, 6) is -0.0493. The van der Waals surface area contributed by atoms with Crippen molar-refractivity contribution in [2.75, 3.05) is 0 Å². The predicted molar refractivity (Wildman–Crippen MR) is 91.8 cm³/mol. The SMILES string of the molecule is Cn1cc(/C=C\C(=O)N[C@@H](c2cccc(F)c2)c2nccn2C)cn1. The Kier molecular flexibility index (Phi) is 4.74. The number of carbonyl (C=O) groups is 1. The molecule has 1 aromatic carbocycles. The molecule has 2 heterocycles. The van der Waals surface area contributed by atoms with Crippen LogP contribution >= 0.6 is 0 Å². The molecule has 0 aliphatic rings. The largest absolute Gasteiger partial charge is 0.339 e. The Morgan fingerprint density at radius 2 is 2.20 bits per heavy atom. The summed E-state index contributed by atoms with van der Waals surface area (Å²) in [5, 5.41) is 6.92. The summed E-state index contributed by atoms with van der Waals surface area (Å²) in [5.41, 5.74) is 1.44. The minimum absolute atomic E-state index is 0.305. The maximum atomic E-state index is 13.6. The number of carbonyl (C=O) groups excluding carboxylic acids is 1. The number of halogens is 1. The first-order valence-electron chi connectivity index (χ1n) is 7.73. The number of benzene rings is 1. The van der Waals surface area contributed by atoms with E-state index in [-0.39, 0.29) is 11.7 Å². The number of hydrogen-bond acceptors (Lipinski definition) is 3. The van der Waals surface area contributed by atoms with Crippen LogP contribution in [0.4, 0.5) is 4.39 Å². The van der Waals surface area contributed by atoms with Gasteiger partial charge in [0.2, 0.25) is 5.91 Å². The molecule has 3 rings (SSSR count). The normalized spacial score (nSPS) is 12.4. The average Bonchev–Trinajstić information content (AvgIpc) is 3.19. The lowest BCUT2D eigenvalue weighted by atomic mass is 10.1. The van der Waals surface area contributed by atoms with Crippen LogP contribution in [0.2, 0.25) is 0 Å². The van der Waals surface area contributed by atoms with Gasteiger partial charge in [0.15, 0.2) is 0 Å². The Morgan fingerprint density at radius 1 is 1.36 bits per heavy atom. The zero-order valence-corrected chi connectivity index (χ0v) is 13.9. The van der Waals surface area contributed by atoms with Gasteiger partial charge in [0.1, 0.15) is 17.7 Å². The van der Waals surface area contributed by atoms with Crippen LogP contribution in [-0.4, -0.2) is 25.2 Å². The molecule has 0 saturated heterocycles. The topological polar surface area (TPSA) is 64.7 Å². The molecule has 3 aromatic rings. The molecule has 6 nitrogen and oxygen atoms in total. The molecule has 0 spiro atoms. The summed E-state index contributed by atoms with van der Waals surface area (Å²) in [6.45, 7) is 0. The number of nitrogens with one attached hydrogen (secondary N) is 1. The van der Waals surface area contributed by atoms with Crippen molar-refractivity contribution in [3.63, 3.8) is 0 Å². The Hall–Kier alpha value is -3.22. The summed E-state index contributed by atoms with van der Waals surface area (Å²) >= 11 is 0. The molecule has 7 heteroatoms. The van der Waals surface area contributed by atoms with Crippen molar-refractivity contribution in [2.24, 2.45) is 14.1 Å². The van der Waals surface area contributed by atoms with Gasteiger partial charge in [0, 0.05) is 44.3 Å². The first-order chi connectivity index (χ1) is 12.0. The van der Waals surface area contributed by atoms with E-state index >= 15 is 0 Å². The predicted octanol–water partition coefficient (Wildman–Crippen LogP) is 2.21. The fraction of sp³-hybridized carbons (Fsp3) is 0.167. The van der Waals surface area contributed by atoms with Crippen molar-refractivity contribution >= 4 is 12.0 Å². The standard InChI is InChI=1S/C18H18FN5O/c1-23-9-8-20-18(23)17(14-4-3-5-15(19)10-14)22-16(25)7-6-13-11-21-24(2)12-13/h3-12,17H,1-2H3,(H,22,25)/b7-6-/t17-/m0/s1. The summed E-state index contributed by atoms with van der Waals surface area (Å²) in [7, 11) is 3.63. The third-order valence-corrected chi connectivity index (χ3v) is 3.74. The van der Waals surface area contributed by atoms with E-state index in [4.69, 9.17) is 0 Å². The maximum absolute atomic E-state index is 13.6. The average molecular weight is 339 g/mol. The third kappa shape index (κ3) is 4.00. The Morgan fingerprint density at radius 3 is 2.84 bits per heavy atom. The Labute approximate surface area is 144 Å². The number of aromatic nitrogens is 4. The molecule has 1 N–H and O–H groups in total. The van der Waals surface area contributed by atoms with Crippen molar-refractivity contribution in [2.45, 2.75) is 6.04 Å². The highest BCUT2D eigenvalue weighted by molar-refractivity contribution is 5.92. The van der Waals surface area contributed by atoms with E-state index in [1.54, 1.807) is 59.3 Å². The highest BCUT2D eigenvalue weighted by Crippen LogP contribution is 2.21. The van der Waals surface area contributed by atoms with Crippen molar-refractivity contribution < 1.29 is 9.18 Å². The first-order valence-corrected chi connectivity index (χ1v) is 7.73. The second-order valence-corrected chi connectivity index (χ2v) is 5.67. The van der Waals surface area contributed by atoms with Gasteiger partial charge in [0.05, 0.1) is 6.20 Å². The molecule has 128 valence electrons. The second kappa shape index (κ2) is 7.12. The fourth-order valence-corrected chi connectivity index (χ4v) is 2.53. The molecule has 0 fully saturated rings. The Balaban J connectivity index is 1.84. The number of rotatable bonds is 5. The van der Waals surface area contributed by atoms with Gasteiger partial charge in [-0.15, -0.1) is 0 Å². The lowest BCUT2D eigenvalue weighted by molar-refractivity contribution is -0.117. The molecule has 25 heavy (non-hydrogen) atoms. The summed E-state index contributed by atoms with van der Waals surface area (Å²) in [6.07, 6.45) is 9.97. The van der Waals surface area contributed by atoms with Crippen LogP contribution in [-0.2, 0) is 18.9 Å². The fourth-order valence-electron chi connectivity index (χ4n) is 2.53. The summed E-state index contributed by atoms with van der Waals surface area (Å²) in [6, 6.07) is 5.57. The van der Waals surface area contributed by atoms with Gasteiger partial charge in [-0.1, -0.05) is 12.1 Å². The molecule has 1 amide bonds. The summed E-state index contributed by atoms with van der Waals surface area (Å²) in [4.78, 5) is 16.6. The van der Waals surface area contributed by atoms with Crippen LogP contribution in [0, 0.1) is 5.82 Å². The molecule has 0 bridgehead atoms. The van der Waals surface area contributed by atoms with Crippen LogP contribution in [0.3, 0.4) is 0 Å². The van der Waals surface area contributed by atoms with Crippen LogP contribution in [0.1, 0.15) is 23.0 Å². The van der Waals surface area contributed by atoms with E-state index in [1.165, 1.54) is 18.2 Å². The molecule has 0 radical (unpaired) electrons. The zero-order valence-electron chi connectivity index (χ0n) is 13.9. The van der Waals surface area contributed by atoms with Gasteiger partial charge in [0.25, 0.3) is 0 Å². The quantitative estimate of drug-likeness (QED) is 0.725. The summed E-state index contributed by atoms with van der Waals surface area (Å²) < 4.78 is 17.1. The smallest absolute Gasteiger partial charge is 0.244 e. The van der Waals surface area contributed by atoms with Crippen molar-refractivity contribution in [3.05, 3.63) is 77.9 Å². The highest BCUT2D eigenvalue weighted by Gasteiger charge is 2.20. The number of imidazole rings is 1. The van der Waals surface area contributed by atoms with Gasteiger partial charge in [-0.2, -0.15) is 5.10 Å². The lowest BCUT2D eigenvalue weighted by Gasteiger charge is -2.18. The van der Waals surface area contributed by atoms with Crippen LogP contribution < -0.4 is 5.32 Å². The molecule has 1 atom stereocenters. The van der Waals surface area contributed by atoms with Gasteiger partial charge in [-0.25, -0.2) is 9.37 Å². The number of hydrogen-bond donors (Lipinski definition) is 1. The van der Waals surface area contributed by atoms with E-state index in [9.17, 15) is 9.18 Å². The Bertz CT molecular complexity index is 912. The van der Waals surface area contributed by atoms with E-state index in [2.05, 4.69) is 15.4 Å². The number of amides is 1. The molecule has 0 unspecified atom stereocenters. The van der Waals surface area contributed by atoms with E-state index < -0.39 is 6.04 Å². The van der Waals surface area contributed by atoms with Crippen LogP contribution in [0.25, 0.3) is 6.08 Å². The molecular formula is C18H18FN5O. The van der Waals surface area contributed by atoms with Gasteiger partial charge in [-0.05, 0) is 23.8 Å². The maximum Gasteiger partial charge on any atom is 0.244 e. The van der Waals surface area contributed by atoms with Crippen LogP contribution in [0.5, 0.6) is 0 Å². The van der Waals surface area contributed by atoms with Gasteiger partial charge >= 0.3 is 0 Å². The third-order valence-electron chi connectivity index (χ3n) is 3.74. The number of aryl methyl sites for hydroxylation is 2. The molecule has 2 aromatic heterocycles. The number of nitrogens with zero attached hydrogens (tertiary/aromatic N) is 4. The van der Waals surface area contributed by atoms with E-state index in [0.29, 0.717) is 11.4 Å². The minimum Gasteiger partial charge on any atom is -0.339 e. The van der Waals surface area contributed by atoms with Crippen molar-refractivity contribution in [1.82, 2.24) is 24.6 Å². The van der Waals surface area contributed by atoms with Gasteiger partial charge in [-0.3, -0.25) is 9.48 Å². The first kappa shape index (κ1) is 16.6. The monoisotopic (exact) mass is 339 g/mol. The van der Waals surface area contributed by atoms with Crippen molar-refractivity contribution in [1.29, 1.82) is 0 Å². The second-order valence-electron chi connectivity index (χ2n) is 5.67. The molecule has 0 saturated carbocycles. The minimum atomic E-state index is -0.554. The van der Waals surface area contributed by atoms with Gasteiger partial charge < -0.3 is 9.88 Å². The van der Waals surface area contributed by atoms with E-state index in [0.717, 1.165) is 5.56 Å². The van der Waals surface area contributed by atoms with Crippen molar-refractivity contribution in [3.8, 4) is 0 Å². The molecular weight excluding hydrogens is 321 g/mol. The highest BCUT2D eigenvalue weighted by atomic mass is 19.1. The van der Waals surface area contributed by atoms with Crippen LogP contribution in [0.15, 0.2) is 55.1 Å². The molecule has 0 aliphatic heterocycles. The lowest BCUT2D eigenvalue weighted by Crippen LogP contribution is -2.29. The molecule has 0 aliphatic carbocycles. The van der Waals surface area contributed by atoms with E-state index in [1.807, 2.05) is 7.05 Å².